The van der Waals surface area contributed by atoms with Crippen LogP contribution in [-0.2, 0) is 0 Å². The summed E-state index contributed by atoms with van der Waals surface area (Å²) in [6, 6.07) is 6.38. The van der Waals surface area contributed by atoms with E-state index < -0.39 is 23.3 Å². The van der Waals surface area contributed by atoms with Crippen LogP contribution in [0.15, 0.2) is 30.3 Å². The van der Waals surface area contributed by atoms with Crippen molar-refractivity contribution >= 4 is 23.0 Å². The van der Waals surface area contributed by atoms with E-state index in [0.29, 0.717) is 0 Å². The first-order chi connectivity index (χ1) is 9.40. The topological polar surface area (TPSA) is 75.3 Å². The predicted molar refractivity (Wildman–Crippen MR) is 72.2 cm³/mol. The van der Waals surface area contributed by atoms with Gasteiger partial charge < -0.3 is 16.2 Å². The van der Waals surface area contributed by atoms with E-state index >= 15 is 0 Å². The normalized spacial score (nSPS) is 10.3. The Bertz CT molecular complexity index is 687. The van der Waals surface area contributed by atoms with Crippen molar-refractivity contribution in [2.75, 3.05) is 11.1 Å². The molecule has 0 heterocycles. The van der Waals surface area contributed by atoms with Crippen LogP contribution in [0.4, 0.5) is 25.8 Å². The van der Waals surface area contributed by atoms with Gasteiger partial charge in [-0.3, -0.25) is 0 Å². The van der Waals surface area contributed by atoms with E-state index in [1.54, 1.807) is 0 Å². The number of hydrogen-bond acceptors (Lipinski definition) is 3. The maximum atomic E-state index is 13.9. The third-order valence-corrected chi connectivity index (χ3v) is 2.82. The number of aryl methyl sites for hydroxylation is 1. The maximum Gasteiger partial charge on any atom is 0.337 e. The predicted octanol–water partition coefficient (Wildman–Crippen LogP) is 3.30. The van der Waals surface area contributed by atoms with Gasteiger partial charge in [-0.2, -0.15) is 0 Å². The lowest BCUT2D eigenvalue weighted by atomic mass is 10.1. The van der Waals surface area contributed by atoms with Gasteiger partial charge in [0.05, 0.1) is 11.3 Å². The molecule has 2 aromatic rings. The molecule has 0 aliphatic rings. The number of carboxylic acids is 1. The Morgan fingerprint density at radius 3 is 2.60 bits per heavy atom. The second-order valence-corrected chi connectivity index (χ2v) is 4.29. The number of hydrogen-bond donors (Lipinski definition) is 3. The number of carboxylic acid groups (broad SMARTS) is 1. The zero-order chi connectivity index (χ0) is 14.9. The minimum atomic E-state index is -1.22. The molecular formula is C14H12F2N2O2. The van der Waals surface area contributed by atoms with Gasteiger partial charge in [-0.05, 0) is 36.8 Å². The zero-order valence-electron chi connectivity index (χ0n) is 10.6. The summed E-state index contributed by atoms with van der Waals surface area (Å²) in [5, 5.41) is 11.5. The number of anilines is 3. The Hall–Kier alpha value is -2.63. The molecule has 0 aliphatic carbocycles. The van der Waals surface area contributed by atoms with Crippen LogP contribution in [0, 0.1) is 18.6 Å². The summed E-state index contributed by atoms with van der Waals surface area (Å²) in [7, 11) is 0. The Morgan fingerprint density at radius 2 is 1.95 bits per heavy atom. The number of benzene rings is 2. The van der Waals surface area contributed by atoms with Crippen molar-refractivity contribution in [1.29, 1.82) is 0 Å². The number of halogens is 2. The molecule has 0 fully saturated rings. The van der Waals surface area contributed by atoms with Crippen molar-refractivity contribution < 1.29 is 18.7 Å². The number of nitrogens with two attached hydrogens (primary N) is 1. The number of aromatic carboxylic acids is 1. The molecule has 0 saturated carbocycles. The summed E-state index contributed by atoms with van der Waals surface area (Å²) >= 11 is 0. The van der Waals surface area contributed by atoms with E-state index in [0.717, 1.165) is 6.07 Å². The van der Waals surface area contributed by atoms with Gasteiger partial charge in [-0.15, -0.1) is 0 Å². The summed E-state index contributed by atoms with van der Waals surface area (Å²) in [6.07, 6.45) is 0. The molecule has 2 rings (SSSR count). The van der Waals surface area contributed by atoms with Gasteiger partial charge in [0.2, 0.25) is 0 Å². The van der Waals surface area contributed by atoms with Gasteiger partial charge in [0.25, 0.3) is 0 Å². The molecule has 4 nitrogen and oxygen atoms in total. The van der Waals surface area contributed by atoms with Crippen LogP contribution in [0.1, 0.15) is 15.9 Å². The molecule has 104 valence electrons. The molecule has 0 amide bonds. The summed E-state index contributed by atoms with van der Waals surface area (Å²) in [5.74, 6) is -2.81. The first-order valence-corrected chi connectivity index (χ1v) is 5.74. The monoisotopic (exact) mass is 278 g/mol. The molecule has 0 unspecified atom stereocenters. The average molecular weight is 278 g/mol. The standard InChI is InChI=1S/C14H12F2N2O2/c1-7-2-5-10(15)13(12(7)16)18-11-6-8(17)3-4-9(11)14(19)20/h2-6,18H,17H2,1H3,(H,19,20). The maximum absolute atomic E-state index is 13.9. The Labute approximate surface area is 113 Å². The highest BCUT2D eigenvalue weighted by Crippen LogP contribution is 2.28. The van der Waals surface area contributed by atoms with Crippen LogP contribution in [0.5, 0.6) is 0 Å². The van der Waals surface area contributed by atoms with Crippen LogP contribution in [0.3, 0.4) is 0 Å². The lowest BCUT2D eigenvalue weighted by molar-refractivity contribution is 0.0698. The van der Waals surface area contributed by atoms with Crippen LogP contribution in [0.25, 0.3) is 0 Å². The van der Waals surface area contributed by atoms with Crippen molar-refractivity contribution in [3.05, 3.63) is 53.1 Å². The molecule has 6 heteroatoms. The highest BCUT2D eigenvalue weighted by atomic mass is 19.1. The molecule has 0 saturated heterocycles. The van der Waals surface area contributed by atoms with Crippen LogP contribution >= 0.6 is 0 Å². The molecule has 20 heavy (non-hydrogen) atoms. The highest BCUT2D eigenvalue weighted by molar-refractivity contribution is 5.96. The van der Waals surface area contributed by atoms with Crippen molar-refractivity contribution in [3.8, 4) is 0 Å². The molecule has 0 spiro atoms. The van der Waals surface area contributed by atoms with Gasteiger partial charge in [0, 0.05) is 5.69 Å². The van der Waals surface area contributed by atoms with E-state index in [4.69, 9.17) is 10.8 Å². The molecular weight excluding hydrogens is 266 g/mol. The van der Waals surface area contributed by atoms with Crippen LogP contribution in [0.2, 0.25) is 0 Å². The number of nitrogens with one attached hydrogen (secondary N) is 1. The molecule has 0 atom stereocenters. The molecule has 2 aromatic carbocycles. The third kappa shape index (κ3) is 2.54. The van der Waals surface area contributed by atoms with E-state index in [1.165, 1.54) is 31.2 Å². The molecule has 0 aliphatic heterocycles. The van der Waals surface area contributed by atoms with E-state index in [2.05, 4.69) is 5.32 Å². The number of rotatable bonds is 3. The first-order valence-electron chi connectivity index (χ1n) is 5.74. The smallest absolute Gasteiger partial charge is 0.337 e. The SMILES string of the molecule is Cc1ccc(F)c(Nc2cc(N)ccc2C(=O)O)c1F. The second kappa shape index (κ2) is 5.16. The van der Waals surface area contributed by atoms with Gasteiger partial charge in [-0.25, -0.2) is 13.6 Å². The fourth-order valence-corrected chi connectivity index (χ4v) is 1.76. The summed E-state index contributed by atoms with van der Waals surface area (Å²) in [5.41, 5.74) is 5.59. The second-order valence-electron chi connectivity index (χ2n) is 4.29. The Morgan fingerprint density at radius 1 is 1.25 bits per heavy atom. The van der Waals surface area contributed by atoms with Crippen LogP contribution < -0.4 is 11.1 Å². The van der Waals surface area contributed by atoms with Gasteiger partial charge in [0.15, 0.2) is 5.82 Å². The molecule has 0 radical (unpaired) electrons. The fourth-order valence-electron chi connectivity index (χ4n) is 1.76. The fraction of sp³-hybridized carbons (Fsp3) is 0.0714. The van der Waals surface area contributed by atoms with Crippen molar-refractivity contribution in [1.82, 2.24) is 0 Å². The number of nitrogen functional groups attached to an aromatic ring is 1. The molecule has 0 bridgehead atoms. The Balaban J connectivity index is 2.53. The molecule has 4 N–H and O–H groups in total. The minimum Gasteiger partial charge on any atom is -0.478 e. The van der Waals surface area contributed by atoms with Crippen LogP contribution in [-0.4, -0.2) is 11.1 Å². The van der Waals surface area contributed by atoms with Crippen molar-refractivity contribution in [2.45, 2.75) is 6.92 Å². The molecule has 0 aromatic heterocycles. The van der Waals surface area contributed by atoms with Crippen molar-refractivity contribution in [2.24, 2.45) is 0 Å². The van der Waals surface area contributed by atoms with E-state index in [-0.39, 0.29) is 22.5 Å². The quantitative estimate of drug-likeness (QED) is 0.753. The van der Waals surface area contributed by atoms with Gasteiger partial charge >= 0.3 is 5.97 Å². The summed E-state index contributed by atoms with van der Waals surface area (Å²) in [6.45, 7) is 1.48. The lowest BCUT2D eigenvalue weighted by Crippen LogP contribution is -2.06. The average Bonchev–Trinajstić information content (AvgIpc) is 2.39. The Kier molecular flexibility index (Phi) is 3.56. The first kappa shape index (κ1) is 13.8. The largest absolute Gasteiger partial charge is 0.478 e. The van der Waals surface area contributed by atoms with Gasteiger partial charge in [-0.1, -0.05) is 6.07 Å². The summed E-state index contributed by atoms with van der Waals surface area (Å²) in [4.78, 5) is 11.1. The summed E-state index contributed by atoms with van der Waals surface area (Å²) < 4.78 is 27.6. The number of carbonyl (C=O) groups is 1. The lowest BCUT2D eigenvalue weighted by Gasteiger charge is -2.13. The zero-order valence-corrected chi connectivity index (χ0v) is 10.6. The third-order valence-electron chi connectivity index (χ3n) is 2.82. The van der Waals surface area contributed by atoms with E-state index in [9.17, 15) is 13.6 Å². The highest BCUT2D eigenvalue weighted by Gasteiger charge is 2.16. The van der Waals surface area contributed by atoms with E-state index in [1.807, 2.05) is 0 Å². The minimum absolute atomic E-state index is 0.0286. The van der Waals surface area contributed by atoms with Crippen molar-refractivity contribution in [3.63, 3.8) is 0 Å². The van der Waals surface area contributed by atoms with Gasteiger partial charge in [0.1, 0.15) is 11.5 Å².